The van der Waals surface area contributed by atoms with E-state index in [0.717, 1.165) is 12.8 Å². The van der Waals surface area contributed by atoms with Gasteiger partial charge in [0.05, 0.1) is 12.4 Å². The molecule has 0 radical (unpaired) electrons. The van der Waals surface area contributed by atoms with Crippen LogP contribution in [-0.2, 0) is 4.74 Å². The summed E-state index contributed by atoms with van der Waals surface area (Å²) in [5, 5.41) is 4.42. The normalized spacial score (nSPS) is 19.9. The number of hydrogen-bond donors (Lipinski definition) is 0. The smallest absolute Gasteiger partial charge is 0.112 e. The first-order valence-corrected chi connectivity index (χ1v) is 13.7. The molecule has 162 valence electrons. The van der Waals surface area contributed by atoms with Gasteiger partial charge in [-0.25, -0.2) is 0 Å². The summed E-state index contributed by atoms with van der Waals surface area (Å²) in [5.41, 5.74) is 3.24. The van der Waals surface area contributed by atoms with Gasteiger partial charge in [0, 0.05) is 5.92 Å². The van der Waals surface area contributed by atoms with Crippen molar-refractivity contribution >= 4 is 23.2 Å². The van der Waals surface area contributed by atoms with E-state index >= 15 is 0 Å². The topological polar surface area (TPSA) is 9.23 Å². The van der Waals surface area contributed by atoms with Crippen LogP contribution in [0.25, 0.3) is 0 Å². The second-order valence-electron chi connectivity index (χ2n) is 9.67. The fourth-order valence-electron chi connectivity index (χ4n) is 5.58. The molecule has 32 heavy (non-hydrogen) atoms. The van der Waals surface area contributed by atoms with Gasteiger partial charge in [0.15, 0.2) is 0 Å². The minimum Gasteiger partial charge on any atom is -0.497 e. The van der Waals surface area contributed by atoms with Crippen LogP contribution in [-0.4, -0.2) is 12.8 Å². The molecule has 0 spiro atoms. The number of benzene rings is 3. The molecule has 1 heterocycles. The van der Waals surface area contributed by atoms with Gasteiger partial charge in [-0.2, -0.15) is 0 Å². The maximum atomic E-state index is 5.78. The van der Waals surface area contributed by atoms with Gasteiger partial charge in [-0.15, -0.1) is 0 Å². The molecule has 0 fully saturated rings. The van der Waals surface area contributed by atoms with Crippen molar-refractivity contribution in [2.24, 2.45) is 11.3 Å². The molecule has 1 aliphatic carbocycles. The van der Waals surface area contributed by atoms with Crippen LogP contribution in [0.3, 0.4) is 0 Å². The van der Waals surface area contributed by atoms with Crippen molar-refractivity contribution in [3.05, 3.63) is 114 Å². The van der Waals surface area contributed by atoms with Gasteiger partial charge in [0.25, 0.3) is 0 Å². The highest BCUT2D eigenvalue weighted by Crippen LogP contribution is 2.59. The number of allylic oxidation sites excluding steroid dienone is 2. The molecule has 1 unspecified atom stereocenters. The van der Waals surface area contributed by atoms with Gasteiger partial charge in [-0.3, -0.25) is 0 Å². The highest BCUT2D eigenvalue weighted by molar-refractivity contribution is 7.95. The molecule has 5 rings (SSSR count). The van der Waals surface area contributed by atoms with E-state index in [2.05, 4.69) is 111 Å². The third kappa shape index (κ3) is 3.74. The average molecular weight is 440 g/mol. The largest absolute Gasteiger partial charge is 0.497 e. The van der Waals surface area contributed by atoms with Crippen LogP contribution in [0.1, 0.15) is 26.7 Å². The number of rotatable bonds is 5. The van der Waals surface area contributed by atoms with Gasteiger partial charge in [-0.1, -0.05) is 68.4 Å². The summed E-state index contributed by atoms with van der Waals surface area (Å²) in [5.74, 6) is 0.534. The van der Waals surface area contributed by atoms with Gasteiger partial charge < -0.3 is 4.74 Å². The molecular weight excluding hydrogens is 407 g/mol. The Bertz CT molecular complexity index is 1020. The van der Waals surface area contributed by atoms with Crippen molar-refractivity contribution in [2.75, 3.05) is 12.8 Å². The zero-order valence-corrected chi connectivity index (χ0v) is 20.0. The van der Waals surface area contributed by atoms with Crippen LogP contribution in [0.5, 0.6) is 0 Å². The lowest BCUT2D eigenvalue weighted by atomic mass is 9.69. The summed E-state index contributed by atoms with van der Waals surface area (Å²) in [6.45, 7) is 5.51. The fraction of sp³-hybridized carbons (Fsp3) is 0.267. The third-order valence-electron chi connectivity index (χ3n) is 7.38. The van der Waals surface area contributed by atoms with Crippen LogP contribution in [0, 0.1) is 11.3 Å². The summed E-state index contributed by atoms with van der Waals surface area (Å²) in [7, 11) is -1.84. The lowest BCUT2D eigenvalue weighted by Crippen LogP contribution is -2.38. The van der Waals surface area contributed by atoms with Gasteiger partial charge in [0.1, 0.15) is 29.8 Å². The molecule has 0 bridgehead atoms. The highest BCUT2D eigenvalue weighted by atomic mass is 31.2. The molecule has 0 N–H and O–H groups in total. The van der Waals surface area contributed by atoms with Gasteiger partial charge >= 0.3 is 0 Å². The molecule has 0 aromatic heterocycles. The Balaban J connectivity index is 1.72. The first-order valence-electron chi connectivity index (χ1n) is 11.7. The standard InChI is InChI=1S/C30H32OP/c1-30(2)20-18-24(28-19-21-31-22-29(28)30)23-32(25-12-6-3-7-13-25,26-14-8-4-9-15-26)27-16-10-5-11-17-27/h3-17,19,21,24H,18,20,22-23H2,1-2H3/q+1. The second-order valence-corrected chi connectivity index (χ2v) is 13.2. The monoisotopic (exact) mass is 439 g/mol. The molecule has 3 aromatic carbocycles. The van der Waals surface area contributed by atoms with Crippen molar-refractivity contribution < 1.29 is 4.74 Å². The van der Waals surface area contributed by atoms with E-state index in [-0.39, 0.29) is 5.41 Å². The minimum absolute atomic E-state index is 0.212. The number of ether oxygens (including phenoxy) is 1. The highest BCUT2D eigenvalue weighted by Gasteiger charge is 2.49. The summed E-state index contributed by atoms with van der Waals surface area (Å²) in [4.78, 5) is 0. The van der Waals surface area contributed by atoms with Crippen molar-refractivity contribution in [1.29, 1.82) is 0 Å². The first kappa shape index (κ1) is 21.2. The van der Waals surface area contributed by atoms with E-state index in [0.29, 0.717) is 5.92 Å². The van der Waals surface area contributed by atoms with E-state index in [4.69, 9.17) is 4.74 Å². The predicted octanol–water partition coefficient (Wildman–Crippen LogP) is 6.26. The van der Waals surface area contributed by atoms with Crippen molar-refractivity contribution in [3.63, 3.8) is 0 Å². The van der Waals surface area contributed by atoms with E-state index in [1.807, 2.05) is 6.26 Å². The van der Waals surface area contributed by atoms with E-state index in [9.17, 15) is 0 Å². The molecule has 1 nitrogen and oxygen atoms in total. The average Bonchev–Trinajstić information content (AvgIpc) is 2.86. The van der Waals surface area contributed by atoms with Crippen LogP contribution in [0.15, 0.2) is 114 Å². The Labute approximate surface area is 193 Å². The van der Waals surface area contributed by atoms with Crippen LogP contribution in [0.4, 0.5) is 0 Å². The van der Waals surface area contributed by atoms with Crippen molar-refractivity contribution in [2.45, 2.75) is 26.7 Å². The summed E-state index contributed by atoms with van der Waals surface area (Å²) in [6, 6.07) is 33.8. The summed E-state index contributed by atoms with van der Waals surface area (Å²) < 4.78 is 5.78. The van der Waals surface area contributed by atoms with Crippen LogP contribution >= 0.6 is 7.26 Å². The zero-order chi connectivity index (χ0) is 22.0. The van der Waals surface area contributed by atoms with Gasteiger partial charge in [0.2, 0.25) is 0 Å². The first-order chi connectivity index (χ1) is 15.6. The molecule has 2 heteroatoms. The lowest BCUT2D eigenvalue weighted by molar-refractivity contribution is 0.216. The molecule has 2 aliphatic rings. The second kappa shape index (κ2) is 8.72. The van der Waals surface area contributed by atoms with E-state index < -0.39 is 7.26 Å². The molecule has 3 aromatic rings. The van der Waals surface area contributed by atoms with Crippen molar-refractivity contribution in [3.8, 4) is 0 Å². The Hall–Kier alpha value is -2.63. The molecule has 0 saturated heterocycles. The quantitative estimate of drug-likeness (QED) is 0.427. The molecular formula is C30H32OP+. The molecule has 1 atom stereocenters. The summed E-state index contributed by atoms with van der Waals surface area (Å²) in [6.07, 6.45) is 7.78. The number of hydrogen-bond acceptors (Lipinski definition) is 1. The lowest BCUT2D eigenvalue weighted by Gasteiger charge is -2.41. The van der Waals surface area contributed by atoms with E-state index in [1.54, 1.807) is 0 Å². The maximum absolute atomic E-state index is 5.78. The predicted molar refractivity (Wildman–Crippen MR) is 139 cm³/mol. The van der Waals surface area contributed by atoms with Gasteiger partial charge in [-0.05, 0) is 71.9 Å². The molecule has 0 amide bonds. The van der Waals surface area contributed by atoms with Crippen LogP contribution < -0.4 is 15.9 Å². The Morgan fingerprint density at radius 1 is 0.781 bits per heavy atom. The van der Waals surface area contributed by atoms with Crippen LogP contribution in [0.2, 0.25) is 0 Å². The van der Waals surface area contributed by atoms with E-state index in [1.165, 1.54) is 39.9 Å². The molecule has 1 aliphatic heterocycles. The maximum Gasteiger partial charge on any atom is 0.112 e. The third-order valence-corrected chi connectivity index (χ3v) is 11.9. The Kier molecular flexibility index (Phi) is 5.78. The fourth-order valence-corrected chi connectivity index (χ4v) is 10.2. The SMILES string of the molecule is CC1(C)CCC(C[P+](c2ccccc2)(c2ccccc2)c2ccccc2)C2=C1COC=C2. The zero-order valence-electron chi connectivity index (χ0n) is 19.1. The molecule has 0 saturated carbocycles. The minimum atomic E-state index is -1.84. The Morgan fingerprint density at radius 2 is 1.28 bits per heavy atom. The Morgan fingerprint density at radius 3 is 1.78 bits per heavy atom. The van der Waals surface area contributed by atoms with Crippen molar-refractivity contribution in [1.82, 2.24) is 0 Å². The summed E-state index contributed by atoms with van der Waals surface area (Å²) >= 11 is 0.